The van der Waals surface area contributed by atoms with E-state index in [4.69, 9.17) is 0 Å². The van der Waals surface area contributed by atoms with Crippen LogP contribution < -0.4 is 5.32 Å². The molecule has 0 spiro atoms. The van der Waals surface area contributed by atoms with E-state index in [1.807, 2.05) is 31.2 Å². The first-order valence-electron chi connectivity index (χ1n) is 6.85. The van der Waals surface area contributed by atoms with Gasteiger partial charge in [0.15, 0.2) is 0 Å². The molecule has 0 aliphatic rings. The van der Waals surface area contributed by atoms with Crippen molar-refractivity contribution in [3.8, 4) is 0 Å². The number of anilines is 1. The molecule has 2 rings (SSSR count). The van der Waals surface area contributed by atoms with Crippen LogP contribution in [0.2, 0.25) is 0 Å². The molecule has 0 bridgehead atoms. The fourth-order valence-electron chi connectivity index (χ4n) is 2.20. The van der Waals surface area contributed by atoms with E-state index in [1.165, 1.54) is 12.1 Å². The molecule has 1 N–H and O–H groups in total. The molecule has 0 aliphatic carbocycles. The minimum atomic E-state index is -0.872. The highest BCUT2D eigenvalue weighted by Crippen LogP contribution is 2.22. The fourth-order valence-corrected chi connectivity index (χ4v) is 2.85. The molecule has 0 saturated carbocycles. The molecule has 2 aromatic rings. The molecular weight excluding hydrogens is 300 g/mol. The number of nitrogens with zero attached hydrogens (tertiary/aromatic N) is 1. The summed E-state index contributed by atoms with van der Waals surface area (Å²) in [4.78, 5) is 10.3. The normalized spacial score (nSPS) is 13.4. The third kappa shape index (κ3) is 4.39. The van der Waals surface area contributed by atoms with E-state index in [0.717, 1.165) is 16.8 Å². The summed E-state index contributed by atoms with van der Waals surface area (Å²) < 4.78 is 11.3. The van der Waals surface area contributed by atoms with Gasteiger partial charge in [0.05, 0.1) is 4.92 Å². The zero-order chi connectivity index (χ0) is 16.1. The van der Waals surface area contributed by atoms with Crippen LogP contribution in [-0.4, -0.2) is 15.4 Å². The second-order valence-corrected chi connectivity index (χ2v) is 6.57. The third-order valence-electron chi connectivity index (χ3n) is 3.28. The van der Waals surface area contributed by atoms with Crippen molar-refractivity contribution in [1.82, 2.24) is 0 Å². The van der Waals surface area contributed by atoms with Crippen LogP contribution in [0.25, 0.3) is 0 Å². The van der Waals surface area contributed by atoms with Crippen molar-refractivity contribution in [2.24, 2.45) is 0 Å². The lowest BCUT2D eigenvalue weighted by Gasteiger charge is -2.16. The molecule has 2 aromatic carbocycles. The van der Waals surface area contributed by atoms with Gasteiger partial charge in [0.2, 0.25) is 0 Å². The summed E-state index contributed by atoms with van der Waals surface area (Å²) >= 11 is 0. The zero-order valence-corrected chi connectivity index (χ0v) is 13.3. The molecule has 0 heterocycles. The highest BCUT2D eigenvalue weighted by atomic mass is 32.2. The van der Waals surface area contributed by atoms with Crippen LogP contribution in [0.1, 0.15) is 24.1 Å². The zero-order valence-electron chi connectivity index (χ0n) is 12.5. The average Bonchev–Trinajstić information content (AvgIpc) is 2.47. The Labute approximate surface area is 132 Å². The van der Waals surface area contributed by atoms with Crippen LogP contribution in [-0.2, 0) is 16.6 Å². The third-order valence-corrected chi connectivity index (χ3v) is 4.02. The quantitative estimate of drug-likeness (QED) is 0.652. The van der Waals surface area contributed by atoms with Gasteiger partial charge in [-0.3, -0.25) is 14.3 Å². The van der Waals surface area contributed by atoms with E-state index >= 15 is 0 Å². The first-order chi connectivity index (χ1) is 10.5. The average molecular weight is 318 g/mol. The van der Waals surface area contributed by atoms with Crippen LogP contribution >= 0.6 is 0 Å². The monoisotopic (exact) mass is 318 g/mol. The van der Waals surface area contributed by atoms with Gasteiger partial charge >= 0.3 is 0 Å². The SMILES string of the molecule is C[C@@H](Nc1cccc(C[S@@](C)=O)c1)c1ccc([N+](=O)[O-])cc1. The molecule has 2 atom stereocenters. The van der Waals surface area contributed by atoms with Crippen molar-refractivity contribution in [2.75, 3.05) is 11.6 Å². The Kier molecular flexibility index (Phi) is 5.27. The first kappa shape index (κ1) is 16.2. The Balaban J connectivity index is 2.09. The Morgan fingerprint density at radius 1 is 1.23 bits per heavy atom. The van der Waals surface area contributed by atoms with E-state index < -0.39 is 15.7 Å². The lowest BCUT2D eigenvalue weighted by Crippen LogP contribution is -2.07. The van der Waals surface area contributed by atoms with Gasteiger partial charge in [-0.1, -0.05) is 24.3 Å². The maximum atomic E-state index is 11.3. The van der Waals surface area contributed by atoms with E-state index in [-0.39, 0.29) is 11.7 Å². The van der Waals surface area contributed by atoms with Crippen LogP contribution in [0.5, 0.6) is 0 Å². The fraction of sp³-hybridized carbons (Fsp3) is 0.250. The van der Waals surface area contributed by atoms with Crippen molar-refractivity contribution in [3.63, 3.8) is 0 Å². The number of rotatable bonds is 6. The van der Waals surface area contributed by atoms with Gasteiger partial charge < -0.3 is 5.32 Å². The number of nitro groups is 1. The molecular formula is C16H18N2O3S. The van der Waals surface area contributed by atoms with Gasteiger partial charge in [0.25, 0.3) is 5.69 Å². The highest BCUT2D eigenvalue weighted by Gasteiger charge is 2.09. The molecule has 116 valence electrons. The van der Waals surface area contributed by atoms with Crippen molar-refractivity contribution >= 4 is 22.2 Å². The second kappa shape index (κ2) is 7.17. The molecule has 6 heteroatoms. The maximum Gasteiger partial charge on any atom is 0.269 e. The van der Waals surface area contributed by atoms with Gasteiger partial charge in [0, 0.05) is 46.7 Å². The lowest BCUT2D eigenvalue weighted by atomic mass is 10.1. The summed E-state index contributed by atoms with van der Waals surface area (Å²) in [5.74, 6) is 0.529. The Morgan fingerprint density at radius 2 is 1.91 bits per heavy atom. The van der Waals surface area contributed by atoms with Crippen LogP contribution in [0.4, 0.5) is 11.4 Å². The smallest absolute Gasteiger partial charge is 0.269 e. The van der Waals surface area contributed by atoms with Gasteiger partial charge in [0.1, 0.15) is 0 Å². The molecule has 5 nitrogen and oxygen atoms in total. The Hall–Kier alpha value is -2.21. The molecule has 0 fully saturated rings. The standard InChI is InChI=1S/C16H18N2O3S/c1-12(14-6-8-16(9-7-14)18(19)20)17-15-5-3-4-13(10-15)11-22(2)21/h3-10,12,17H,11H2,1-2H3/t12-,22-/m1/s1. The second-order valence-electron chi connectivity index (χ2n) is 5.13. The lowest BCUT2D eigenvalue weighted by molar-refractivity contribution is -0.384. The summed E-state index contributed by atoms with van der Waals surface area (Å²) in [5.41, 5.74) is 3.01. The molecule has 0 saturated heterocycles. The molecule has 0 radical (unpaired) electrons. The Bertz CT molecular complexity index is 686. The van der Waals surface area contributed by atoms with E-state index in [1.54, 1.807) is 18.4 Å². The van der Waals surface area contributed by atoms with Crippen LogP contribution in [0.15, 0.2) is 48.5 Å². The largest absolute Gasteiger partial charge is 0.379 e. The highest BCUT2D eigenvalue weighted by molar-refractivity contribution is 7.83. The number of hydrogen-bond donors (Lipinski definition) is 1. The van der Waals surface area contributed by atoms with Gasteiger partial charge in [-0.05, 0) is 30.2 Å². The summed E-state index contributed by atoms with van der Waals surface area (Å²) in [5, 5.41) is 14.0. The first-order valence-corrected chi connectivity index (χ1v) is 8.58. The number of non-ortho nitro benzene ring substituents is 1. The van der Waals surface area contributed by atoms with E-state index in [9.17, 15) is 14.3 Å². The molecule has 0 unspecified atom stereocenters. The molecule has 22 heavy (non-hydrogen) atoms. The van der Waals surface area contributed by atoms with Crippen molar-refractivity contribution in [3.05, 3.63) is 69.8 Å². The predicted molar refractivity (Wildman–Crippen MR) is 89.3 cm³/mol. The summed E-state index contributed by atoms with van der Waals surface area (Å²) in [7, 11) is -0.872. The summed E-state index contributed by atoms with van der Waals surface area (Å²) in [6.45, 7) is 1.99. The molecule has 0 amide bonds. The number of nitrogens with one attached hydrogen (secondary N) is 1. The van der Waals surface area contributed by atoms with E-state index in [2.05, 4.69) is 5.32 Å². The van der Waals surface area contributed by atoms with Crippen molar-refractivity contribution in [1.29, 1.82) is 0 Å². The van der Waals surface area contributed by atoms with E-state index in [0.29, 0.717) is 5.75 Å². The molecule has 0 aliphatic heterocycles. The van der Waals surface area contributed by atoms with Gasteiger partial charge in [-0.15, -0.1) is 0 Å². The number of benzene rings is 2. The predicted octanol–water partition coefficient (Wildman–Crippen LogP) is 3.65. The van der Waals surface area contributed by atoms with Crippen molar-refractivity contribution in [2.45, 2.75) is 18.7 Å². The Morgan fingerprint density at radius 3 is 2.50 bits per heavy atom. The minimum absolute atomic E-state index is 0.0168. The van der Waals surface area contributed by atoms with Crippen LogP contribution in [0, 0.1) is 10.1 Å². The number of hydrogen-bond acceptors (Lipinski definition) is 4. The van der Waals surface area contributed by atoms with Gasteiger partial charge in [-0.25, -0.2) is 0 Å². The minimum Gasteiger partial charge on any atom is -0.379 e. The van der Waals surface area contributed by atoms with Crippen molar-refractivity contribution < 1.29 is 9.13 Å². The maximum absolute atomic E-state index is 11.3. The number of nitro benzene ring substituents is 1. The summed E-state index contributed by atoms with van der Waals surface area (Å²) in [6, 6.07) is 14.3. The van der Waals surface area contributed by atoms with Crippen LogP contribution in [0.3, 0.4) is 0 Å². The molecule has 0 aromatic heterocycles. The summed E-state index contributed by atoms with van der Waals surface area (Å²) in [6.07, 6.45) is 1.68. The van der Waals surface area contributed by atoms with Gasteiger partial charge in [-0.2, -0.15) is 0 Å². The topological polar surface area (TPSA) is 72.2 Å².